The SMILES string of the molecule is CCS(=O)(=O)c1ccc(O)c(NC(=O)CCCCOc2cccc(C)c2)c1. The van der Waals surface area contributed by atoms with Crippen molar-refractivity contribution in [2.24, 2.45) is 0 Å². The molecule has 7 heteroatoms. The molecule has 1 amide bonds. The zero-order valence-electron chi connectivity index (χ0n) is 15.6. The average molecular weight is 391 g/mol. The van der Waals surface area contributed by atoms with Gasteiger partial charge in [0.05, 0.1) is 22.9 Å². The van der Waals surface area contributed by atoms with Crippen molar-refractivity contribution in [2.45, 2.75) is 38.0 Å². The first-order valence-electron chi connectivity index (χ1n) is 8.87. The summed E-state index contributed by atoms with van der Waals surface area (Å²) in [6, 6.07) is 11.6. The Kier molecular flexibility index (Phi) is 7.24. The van der Waals surface area contributed by atoms with Crippen molar-refractivity contribution < 1.29 is 23.1 Å². The second kappa shape index (κ2) is 9.41. The zero-order valence-corrected chi connectivity index (χ0v) is 16.4. The van der Waals surface area contributed by atoms with Crippen LogP contribution in [-0.4, -0.2) is 31.8 Å². The number of ether oxygens (including phenoxy) is 1. The number of rotatable bonds is 9. The molecule has 0 heterocycles. The number of hydrogen-bond donors (Lipinski definition) is 2. The van der Waals surface area contributed by atoms with Crippen LogP contribution >= 0.6 is 0 Å². The van der Waals surface area contributed by atoms with E-state index in [0.29, 0.717) is 19.4 Å². The van der Waals surface area contributed by atoms with E-state index in [9.17, 15) is 18.3 Å². The quantitative estimate of drug-likeness (QED) is 0.502. The Morgan fingerprint density at radius 3 is 2.63 bits per heavy atom. The minimum absolute atomic E-state index is 0.0495. The molecule has 0 radical (unpaired) electrons. The van der Waals surface area contributed by atoms with E-state index in [0.717, 1.165) is 11.3 Å². The monoisotopic (exact) mass is 391 g/mol. The van der Waals surface area contributed by atoms with Gasteiger partial charge in [-0.3, -0.25) is 4.79 Å². The Bertz CT molecular complexity index is 893. The molecular weight excluding hydrogens is 366 g/mol. The number of sulfone groups is 1. The van der Waals surface area contributed by atoms with Gasteiger partial charge in [-0.05, 0) is 55.7 Å². The number of carbonyl (C=O) groups is 1. The highest BCUT2D eigenvalue weighted by Crippen LogP contribution is 2.27. The van der Waals surface area contributed by atoms with Gasteiger partial charge in [0.15, 0.2) is 9.84 Å². The van der Waals surface area contributed by atoms with Crippen molar-refractivity contribution in [1.82, 2.24) is 0 Å². The fraction of sp³-hybridized carbons (Fsp3) is 0.350. The van der Waals surface area contributed by atoms with Gasteiger partial charge in [-0.15, -0.1) is 0 Å². The molecule has 0 saturated heterocycles. The highest BCUT2D eigenvalue weighted by atomic mass is 32.2. The molecule has 0 aromatic heterocycles. The molecule has 0 fully saturated rings. The van der Waals surface area contributed by atoms with Crippen LogP contribution in [0.4, 0.5) is 5.69 Å². The summed E-state index contributed by atoms with van der Waals surface area (Å²) < 4.78 is 29.5. The highest BCUT2D eigenvalue weighted by molar-refractivity contribution is 7.91. The molecule has 6 nitrogen and oxygen atoms in total. The predicted octanol–water partition coefficient (Wildman–Crippen LogP) is 3.68. The number of hydrogen-bond acceptors (Lipinski definition) is 5. The summed E-state index contributed by atoms with van der Waals surface area (Å²) in [5, 5.41) is 12.4. The number of aryl methyl sites for hydroxylation is 1. The van der Waals surface area contributed by atoms with Gasteiger partial charge >= 0.3 is 0 Å². The number of aromatic hydroxyl groups is 1. The third-order valence-electron chi connectivity index (χ3n) is 4.04. The third kappa shape index (κ3) is 6.29. The number of carbonyl (C=O) groups excluding carboxylic acids is 1. The summed E-state index contributed by atoms with van der Waals surface area (Å²) in [5.74, 6) is 0.304. The molecule has 0 aliphatic heterocycles. The average Bonchev–Trinajstić information content (AvgIpc) is 2.63. The van der Waals surface area contributed by atoms with Crippen LogP contribution < -0.4 is 10.1 Å². The van der Waals surface area contributed by atoms with Gasteiger partial charge in [-0.1, -0.05) is 19.1 Å². The van der Waals surface area contributed by atoms with Crippen LogP contribution in [0.2, 0.25) is 0 Å². The number of nitrogens with one attached hydrogen (secondary N) is 1. The maximum Gasteiger partial charge on any atom is 0.224 e. The van der Waals surface area contributed by atoms with E-state index >= 15 is 0 Å². The van der Waals surface area contributed by atoms with Gasteiger partial charge in [0.25, 0.3) is 0 Å². The van der Waals surface area contributed by atoms with Crippen LogP contribution in [0.1, 0.15) is 31.7 Å². The lowest BCUT2D eigenvalue weighted by atomic mass is 10.2. The van der Waals surface area contributed by atoms with Crippen LogP contribution in [0.25, 0.3) is 0 Å². The van der Waals surface area contributed by atoms with Crippen molar-refractivity contribution in [2.75, 3.05) is 17.7 Å². The Morgan fingerprint density at radius 1 is 1.15 bits per heavy atom. The first-order chi connectivity index (χ1) is 12.8. The number of anilines is 1. The summed E-state index contributed by atoms with van der Waals surface area (Å²) in [7, 11) is -3.41. The van der Waals surface area contributed by atoms with Gasteiger partial charge in [-0.25, -0.2) is 8.42 Å². The number of unbranched alkanes of at least 4 members (excludes halogenated alkanes) is 1. The molecule has 2 N–H and O–H groups in total. The van der Waals surface area contributed by atoms with E-state index in [1.165, 1.54) is 18.2 Å². The lowest BCUT2D eigenvalue weighted by molar-refractivity contribution is -0.116. The highest BCUT2D eigenvalue weighted by Gasteiger charge is 2.15. The van der Waals surface area contributed by atoms with Crippen LogP contribution in [0.3, 0.4) is 0 Å². The summed E-state index contributed by atoms with van der Waals surface area (Å²) in [6.07, 6.45) is 1.57. The van der Waals surface area contributed by atoms with Crippen molar-refractivity contribution in [1.29, 1.82) is 0 Å². The van der Waals surface area contributed by atoms with Crippen molar-refractivity contribution in [3.05, 3.63) is 48.0 Å². The maximum atomic E-state index is 12.1. The van der Waals surface area contributed by atoms with Crippen LogP contribution in [0, 0.1) is 6.92 Å². The molecule has 2 rings (SSSR count). The minimum Gasteiger partial charge on any atom is -0.506 e. The van der Waals surface area contributed by atoms with Gasteiger partial charge in [0, 0.05) is 6.42 Å². The zero-order chi connectivity index (χ0) is 19.9. The van der Waals surface area contributed by atoms with Crippen LogP contribution in [0.5, 0.6) is 11.5 Å². The standard InChI is InChI=1S/C20H25NO5S/c1-3-27(24,25)17-10-11-19(22)18(14-17)21-20(23)9-4-5-12-26-16-8-6-7-15(2)13-16/h6-8,10-11,13-14,22H,3-5,9,12H2,1-2H3,(H,21,23). The fourth-order valence-corrected chi connectivity index (χ4v) is 3.38. The Labute approximate surface area is 160 Å². The first kappa shape index (κ1) is 20.8. The minimum atomic E-state index is -3.41. The fourth-order valence-electron chi connectivity index (χ4n) is 2.47. The largest absolute Gasteiger partial charge is 0.506 e. The Balaban J connectivity index is 1.81. The van der Waals surface area contributed by atoms with Crippen LogP contribution in [0.15, 0.2) is 47.4 Å². The van der Waals surface area contributed by atoms with E-state index in [-0.39, 0.29) is 34.4 Å². The Morgan fingerprint density at radius 2 is 1.93 bits per heavy atom. The smallest absolute Gasteiger partial charge is 0.224 e. The number of benzene rings is 2. The van der Waals surface area contributed by atoms with E-state index < -0.39 is 9.84 Å². The summed E-state index contributed by atoms with van der Waals surface area (Å²) >= 11 is 0. The molecule has 0 atom stereocenters. The van der Waals surface area contributed by atoms with E-state index in [4.69, 9.17) is 4.74 Å². The van der Waals surface area contributed by atoms with E-state index in [1.54, 1.807) is 6.92 Å². The van der Waals surface area contributed by atoms with Gasteiger partial charge in [0.2, 0.25) is 5.91 Å². The van der Waals surface area contributed by atoms with E-state index in [1.807, 2.05) is 31.2 Å². The molecule has 0 saturated carbocycles. The van der Waals surface area contributed by atoms with Crippen molar-refractivity contribution in [3.63, 3.8) is 0 Å². The molecule has 0 aliphatic carbocycles. The Hall–Kier alpha value is -2.54. The molecule has 27 heavy (non-hydrogen) atoms. The second-order valence-electron chi connectivity index (χ2n) is 6.25. The molecule has 146 valence electrons. The molecule has 0 bridgehead atoms. The molecular formula is C20H25NO5S. The lowest BCUT2D eigenvalue weighted by Gasteiger charge is -2.10. The second-order valence-corrected chi connectivity index (χ2v) is 8.53. The first-order valence-corrected chi connectivity index (χ1v) is 10.5. The maximum absolute atomic E-state index is 12.1. The molecule has 0 unspecified atom stereocenters. The summed E-state index contributed by atoms with van der Waals surface area (Å²) in [4.78, 5) is 12.1. The molecule has 2 aromatic rings. The predicted molar refractivity (Wildman–Crippen MR) is 105 cm³/mol. The summed E-state index contributed by atoms with van der Waals surface area (Å²) in [6.45, 7) is 4.04. The topological polar surface area (TPSA) is 92.7 Å². The van der Waals surface area contributed by atoms with Crippen molar-refractivity contribution in [3.8, 4) is 11.5 Å². The van der Waals surface area contributed by atoms with Crippen LogP contribution in [-0.2, 0) is 14.6 Å². The van der Waals surface area contributed by atoms with Gasteiger partial charge < -0.3 is 15.2 Å². The molecule has 0 spiro atoms. The third-order valence-corrected chi connectivity index (χ3v) is 5.77. The number of phenolic OH excluding ortho intramolecular Hbond substituents is 1. The lowest BCUT2D eigenvalue weighted by Crippen LogP contribution is -2.13. The van der Waals surface area contributed by atoms with E-state index in [2.05, 4.69) is 5.32 Å². The molecule has 2 aromatic carbocycles. The van der Waals surface area contributed by atoms with Crippen molar-refractivity contribution >= 4 is 21.4 Å². The number of phenols is 1. The van der Waals surface area contributed by atoms with Gasteiger partial charge in [0.1, 0.15) is 11.5 Å². The number of amides is 1. The normalized spacial score (nSPS) is 11.2. The molecule has 0 aliphatic rings. The van der Waals surface area contributed by atoms with Gasteiger partial charge in [-0.2, -0.15) is 0 Å². The summed E-state index contributed by atoms with van der Waals surface area (Å²) in [5.41, 5.74) is 1.23.